The first kappa shape index (κ1) is 26.5. The fourth-order valence-corrected chi connectivity index (χ4v) is 4.03. The van der Waals surface area contributed by atoms with Gasteiger partial charge in [0.05, 0.1) is 24.7 Å². The van der Waals surface area contributed by atoms with E-state index in [1.54, 1.807) is 13.3 Å². The molecule has 0 radical (unpaired) electrons. The highest BCUT2D eigenvalue weighted by Gasteiger charge is 2.25. The van der Waals surface area contributed by atoms with Crippen molar-refractivity contribution in [1.29, 1.82) is 0 Å². The molecule has 0 bridgehead atoms. The van der Waals surface area contributed by atoms with E-state index in [-0.39, 0.29) is 36.1 Å². The van der Waals surface area contributed by atoms with Crippen LogP contribution in [0.1, 0.15) is 24.9 Å². The molecule has 2 atom stereocenters. The number of nitrogens with zero attached hydrogens (tertiary/aromatic N) is 4. The minimum atomic E-state index is 0. The van der Waals surface area contributed by atoms with E-state index >= 15 is 0 Å². The zero-order valence-corrected chi connectivity index (χ0v) is 22.3. The number of aromatic nitrogens is 1. The molecule has 2 N–H and O–H groups in total. The Morgan fingerprint density at radius 3 is 2.84 bits per heavy atom. The molecular weight excluding hydrogens is 539 g/mol. The molecule has 9 heteroatoms. The first-order valence-electron chi connectivity index (χ1n) is 10.7. The molecular formula is C23H34ClIN6O. The number of hydrogen-bond acceptors (Lipinski definition) is 5. The van der Waals surface area contributed by atoms with Crippen LogP contribution >= 0.6 is 35.6 Å². The van der Waals surface area contributed by atoms with E-state index in [1.807, 2.05) is 24.3 Å². The summed E-state index contributed by atoms with van der Waals surface area (Å²) in [7, 11) is 5.84. The minimum absolute atomic E-state index is 0. The van der Waals surface area contributed by atoms with Crippen molar-refractivity contribution in [3.05, 3.63) is 53.2 Å². The monoisotopic (exact) mass is 572 g/mol. The molecule has 176 valence electrons. The maximum absolute atomic E-state index is 6.33. The third-order valence-corrected chi connectivity index (χ3v) is 5.73. The average molecular weight is 573 g/mol. The van der Waals surface area contributed by atoms with Crippen molar-refractivity contribution in [3.63, 3.8) is 0 Å². The van der Waals surface area contributed by atoms with E-state index in [0.717, 1.165) is 43.6 Å². The van der Waals surface area contributed by atoms with Gasteiger partial charge >= 0.3 is 0 Å². The Labute approximate surface area is 213 Å². The van der Waals surface area contributed by atoms with Crippen LogP contribution in [0.4, 0.5) is 5.82 Å². The fraction of sp³-hybridized carbons (Fsp3) is 0.478. The van der Waals surface area contributed by atoms with Crippen LogP contribution in [0, 0.1) is 0 Å². The highest BCUT2D eigenvalue weighted by Crippen LogP contribution is 2.26. The predicted molar refractivity (Wildman–Crippen MR) is 144 cm³/mol. The lowest BCUT2D eigenvalue weighted by molar-refractivity contribution is 0.305. The lowest BCUT2D eigenvalue weighted by atomic mass is 10.1. The highest BCUT2D eigenvalue weighted by atomic mass is 127. The molecule has 3 rings (SSSR count). The summed E-state index contributed by atoms with van der Waals surface area (Å²) in [4.78, 5) is 13.7. The first-order chi connectivity index (χ1) is 15.0. The number of halogens is 2. The second kappa shape index (κ2) is 13.1. The van der Waals surface area contributed by atoms with Gasteiger partial charge in [0.15, 0.2) is 5.96 Å². The summed E-state index contributed by atoms with van der Waals surface area (Å²) in [5.41, 5.74) is 1.18. The second-order valence-corrected chi connectivity index (χ2v) is 8.27. The van der Waals surface area contributed by atoms with E-state index in [9.17, 15) is 0 Å². The Hall–Kier alpha value is -1.78. The molecule has 1 saturated heterocycles. The highest BCUT2D eigenvalue weighted by molar-refractivity contribution is 14.0. The topological polar surface area (TPSA) is 65.0 Å². The van der Waals surface area contributed by atoms with Crippen molar-refractivity contribution < 1.29 is 4.74 Å². The largest absolute Gasteiger partial charge is 0.497 e. The number of benzene rings is 1. The number of guanidine groups is 1. The molecule has 0 aliphatic carbocycles. The molecule has 32 heavy (non-hydrogen) atoms. The SMILES string of the molecule is CCNC(=NCC(c1cccc(OC)c1)N(C)C)NC1CCN(c2ncccc2Cl)C1.I. The smallest absolute Gasteiger partial charge is 0.191 e. The van der Waals surface area contributed by atoms with Gasteiger partial charge < -0.3 is 25.2 Å². The maximum Gasteiger partial charge on any atom is 0.191 e. The van der Waals surface area contributed by atoms with Crippen molar-refractivity contribution in [1.82, 2.24) is 20.5 Å². The van der Waals surface area contributed by atoms with Crippen LogP contribution in [0.5, 0.6) is 5.75 Å². The van der Waals surface area contributed by atoms with Crippen LogP contribution in [-0.2, 0) is 0 Å². The zero-order valence-electron chi connectivity index (χ0n) is 19.2. The quantitative estimate of drug-likeness (QED) is 0.285. The Kier molecular flexibility index (Phi) is 10.8. The van der Waals surface area contributed by atoms with Gasteiger partial charge in [-0.15, -0.1) is 24.0 Å². The fourth-order valence-electron chi connectivity index (χ4n) is 3.79. The second-order valence-electron chi connectivity index (χ2n) is 7.86. The number of methoxy groups -OCH3 is 1. The molecule has 1 fully saturated rings. The molecule has 2 aromatic rings. The number of ether oxygens (including phenoxy) is 1. The van der Waals surface area contributed by atoms with Gasteiger partial charge in [0.2, 0.25) is 0 Å². The maximum atomic E-state index is 6.33. The van der Waals surface area contributed by atoms with Gasteiger partial charge in [-0.25, -0.2) is 4.98 Å². The summed E-state index contributed by atoms with van der Waals surface area (Å²) in [5, 5.41) is 7.66. The molecule has 0 amide bonds. The Balaban J connectivity index is 0.00000363. The van der Waals surface area contributed by atoms with E-state index in [0.29, 0.717) is 11.6 Å². The van der Waals surface area contributed by atoms with Gasteiger partial charge in [0.25, 0.3) is 0 Å². The van der Waals surface area contributed by atoms with E-state index in [1.165, 1.54) is 5.56 Å². The Morgan fingerprint density at radius 2 is 2.16 bits per heavy atom. The molecule has 2 heterocycles. The number of anilines is 1. The molecule has 0 spiro atoms. The van der Waals surface area contributed by atoms with Crippen molar-refractivity contribution in [2.75, 3.05) is 52.3 Å². The van der Waals surface area contributed by atoms with Crippen LogP contribution in [0.3, 0.4) is 0 Å². The van der Waals surface area contributed by atoms with Gasteiger partial charge in [-0.3, -0.25) is 4.99 Å². The Morgan fingerprint density at radius 1 is 1.34 bits per heavy atom. The average Bonchev–Trinajstić information content (AvgIpc) is 3.22. The standard InChI is InChI=1S/C23H33ClN6O.HI/c1-5-25-23(27-15-21(29(2)3)17-8-6-9-19(14-17)31-4)28-18-11-13-30(16-18)22-20(24)10-7-12-26-22;/h6-10,12,14,18,21H,5,11,13,15-16H2,1-4H3,(H2,25,27,28);1H. The van der Waals surface area contributed by atoms with Gasteiger partial charge in [-0.2, -0.15) is 0 Å². The first-order valence-corrected chi connectivity index (χ1v) is 11.1. The third kappa shape index (κ3) is 7.11. The van der Waals surface area contributed by atoms with E-state index < -0.39 is 0 Å². The van der Waals surface area contributed by atoms with Gasteiger partial charge in [-0.05, 0) is 57.3 Å². The summed E-state index contributed by atoms with van der Waals surface area (Å²) in [6.45, 7) is 5.28. The summed E-state index contributed by atoms with van der Waals surface area (Å²) in [6.07, 6.45) is 2.79. The number of hydrogen-bond donors (Lipinski definition) is 2. The summed E-state index contributed by atoms with van der Waals surface area (Å²) >= 11 is 6.33. The van der Waals surface area contributed by atoms with Crippen LogP contribution < -0.4 is 20.3 Å². The van der Waals surface area contributed by atoms with Crippen LogP contribution in [0.2, 0.25) is 5.02 Å². The van der Waals surface area contributed by atoms with E-state index in [4.69, 9.17) is 21.3 Å². The van der Waals surface area contributed by atoms with Crippen LogP contribution in [-0.4, -0.2) is 69.3 Å². The molecule has 1 aliphatic rings. The van der Waals surface area contributed by atoms with Crippen molar-refractivity contribution >= 4 is 47.4 Å². The number of rotatable bonds is 8. The zero-order chi connectivity index (χ0) is 22.2. The predicted octanol–water partition coefficient (Wildman–Crippen LogP) is 3.80. The van der Waals surface area contributed by atoms with Crippen molar-refractivity contribution in [2.45, 2.75) is 25.4 Å². The van der Waals surface area contributed by atoms with Gasteiger partial charge in [-0.1, -0.05) is 23.7 Å². The van der Waals surface area contributed by atoms with E-state index in [2.05, 4.69) is 58.6 Å². The molecule has 7 nitrogen and oxygen atoms in total. The van der Waals surface area contributed by atoms with Crippen LogP contribution in [0.15, 0.2) is 47.6 Å². The summed E-state index contributed by atoms with van der Waals surface area (Å²) in [5.74, 6) is 2.54. The number of aliphatic imine (C=N–C) groups is 1. The normalized spacial score (nSPS) is 17.1. The molecule has 2 unspecified atom stereocenters. The van der Waals surface area contributed by atoms with Crippen LogP contribution in [0.25, 0.3) is 0 Å². The van der Waals surface area contributed by atoms with Crippen molar-refractivity contribution in [2.24, 2.45) is 4.99 Å². The Bertz CT molecular complexity index is 881. The summed E-state index contributed by atoms with van der Waals surface area (Å²) in [6, 6.07) is 12.4. The number of likely N-dealkylation sites (N-methyl/N-ethyl adjacent to an activating group) is 1. The minimum Gasteiger partial charge on any atom is -0.497 e. The van der Waals surface area contributed by atoms with Crippen molar-refractivity contribution in [3.8, 4) is 5.75 Å². The molecule has 1 aromatic carbocycles. The summed E-state index contributed by atoms with van der Waals surface area (Å²) < 4.78 is 5.39. The lowest BCUT2D eigenvalue weighted by Gasteiger charge is -2.25. The van der Waals surface area contributed by atoms with Gasteiger partial charge in [0, 0.05) is 31.9 Å². The number of pyridine rings is 1. The lowest BCUT2D eigenvalue weighted by Crippen LogP contribution is -2.45. The molecule has 0 saturated carbocycles. The number of nitrogens with one attached hydrogen (secondary N) is 2. The van der Waals surface area contributed by atoms with Gasteiger partial charge in [0.1, 0.15) is 11.6 Å². The molecule has 1 aromatic heterocycles. The molecule has 1 aliphatic heterocycles. The third-order valence-electron chi connectivity index (χ3n) is 5.44.